The Morgan fingerprint density at radius 2 is 1.53 bits per heavy atom. The minimum atomic E-state index is 0.120. The van der Waals surface area contributed by atoms with Crippen molar-refractivity contribution in [3.05, 3.63) is 58.2 Å². The first-order chi connectivity index (χ1) is 7.89. The zero-order chi connectivity index (χ0) is 12.6. The second-order valence-corrected chi connectivity index (χ2v) is 5.86. The molecule has 0 N–H and O–H groups in total. The summed E-state index contributed by atoms with van der Waals surface area (Å²) >= 11 is 0. The van der Waals surface area contributed by atoms with Crippen molar-refractivity contribution in [1.29, 1.82) is 0 Å². The van der Waals surface area contributed by atoms with E-state index in [4.69, 9.17) is 0 Å². The van der Waals surface area contributed by atoms with Gasteiger partial charge in [0.1, 0.15) is 0 Å². The van der Waals surface area contributed by atoms with E-state index in [1.54, 1.807) is 0 Å². The lowest BCUT2D eigenvalue weighted by atomic mass is 9.77. The molecule has 1 aliphatic carbocycles. The molecule has 0 saturated heterocycles. The van der Waals surface area contributed by atoms with Gasteiger partial charge in [0.05, 0.1) is 0 Å². The molecule has 1 aromatic rings. The molecule has 2 rings (SSSR count). The van der Waals surface area contributed by atoms with Crippen molar-refractivity contribution in [2.75, 3.05) is 0 Å². The molecule has 0 saturated carbocycles. The second kappa shape index (κ2) is 4.18. The Balaban J connectivity index is 2.44. The van der Waals surface area contributed by atoms with Crippen LogP contribution in [0.2, 0.25) is 0 Å². The Bertz CT molecular complexity index is 479. The molecule has 0 nitrogen and oxygen atoms in total. The van der Waals surface area contributed by atoms with Crippen LogP contribution in [-0.4, -0.2) is 0 Å². The van der Waals surface area contributed by atoms with E-state index in [-0.39, 0.29) is 5.41 Å². The van der Waals surface area contributed by atoms with Crippen LogP contribution in [0.3, 0.4) is 0 Å². The molecule has 0 heteroatoms. The van der Waals surface area contributed by atoms with Crippen LogP contribution in [0.1, 0.15) is 43.9 Å². The number of benzene rings is 1. The van der Waals surface area contributed by atoms with E-state index in [1.807, 2.05) is 0 Å². The van der Waals surface area contributed by atoms with E-state index in [0.717, 1.165) is 6.42 Å². The highest BCUT2D eigenvalue weighted by Gasteiger charge is 2.26. The monoisotopic (exact) mass is 226 g/mol. The van der Waals surface area contributed by atoms with Gasteiger partial charge in [-0.1, -0.05) is 60.9 Å². The fraction of sp³-hybridized carbons (Fsp3) is 0.412. The molecule has 0 atom stereocenters. The first kappa shape index (κ1) is 12.2. The van der Waals surface area contributed by atoms with Gasteiger partial charge in [0.2, 0.25) is 0 Å². The molecule has 90 valence electrons. The van der Waals surface area contributed by atoms with Crippen molar-refractivity contribution in [2.45, 2.75) is 46.5 Å². The lowest BCUT2D eigenvalue weighted by molar-refractivity contribution is 0.638. The highest BCUT2D eigenvalue weighted by Crippen LogP contribution is 2.37. The summed E-state index contributed by atoms with van der Waals surface area (Å²) in [7, 11) is 0. The normalized spacial score (nSPS) is 15.8. The van der Waals surface area contributed by atoms with E-state index in [1.165, 1.54) is 27.8 Å². The molecule has 0 amide bonds. The highest BCUT2D eigenvalue weighted by molar-refractivity contribution is 5.46. The molecule has 1 aliphatic rings. The summed E-state index contributed by atoms with van der Waals surface area (Å²) in [5.41, 5.74) is 7.18. The standard InChI is InChI=1S/C17H22/c1-12-6-7-15(9-12)17(4,5)16-10-13(2)8-14(3)11-16/h7-11H,6H2,1-5H3. The van der Waals surface area contributed by atoms with Gasteiger partial charge in [-0.15, -0.1) is 0 Å². The molecule has 0 fully saturated rings. The van der Waals surface area contributed by atoms with Crippen molar-refractivity contribution in [2.24, 2.45) is 0 Å². The van der Waals surface area contributed by atoms with Crippen molar-refractivity contribution in [3.63, 3.8) is 0 Å². The predicted octanol–water partition coefficient (Wildman–Crippen LogP) is 4.86. The Labute approximate surface area is 105 Å². The first-order valence-electron chi connectivity index (χ1n) is 6.36. The summed E-state index contributed by atoms with van der Waals surface area (Å²) < 4.78 is 0. The summed E-state index contributed by atoms with van der Waals surface area (Å²) in [6, 6.07) is 6.87. The van der Waals surface area contributed by atoms with Gasteiger partial charge in [-0.2, -0.15) is 0 Å². The smallest absolute Gasteiger partial charge is 0.0143 e. The van der Waals surface area contributed by atoms with Gasteiger partial charge in [-0.25, -0.2) is 0 Å². The topological polar surface area (TPSA) is 0 Å². The van der Waals surface area contributed by atoms with E-state index in [2.05, 4.69) is 65.0 Å². The van der Waals surface area contributed by atoms with E-state index < -0.39 is 0 Å². The van der Waals surface area contributed by atoms with Crippen molar-refractivity contribution >= 4 is 0 Å². The van der Waals surface area contributed by atoms with Gasteiger partial charge in [-0.05, 0) is 38.3 Å². The molecule has 0 heterocycles. The maximum Gasteiger partial charge on any atom is 0.0143 e. The van der Waals surface area contributed by atoms with E-state index in [9.17, 15) is 0 Å². The fourth-order valence-electron chi connectivity index (χ4n) is 2.59. The molecule has 0 radical (unpaired) electrons. The number of allylic oxidation sites excluding steroid dienone is 4. The zero-order valence-corrected chi connectivity index (χ0v) is 11.6. The van der Waals surface area contributed by atoms with Crippen LogP contribution >= 0.6 is 0 Å². The number of hydrogen-bond donors (Lipinski definition) is 0. The maximum atomic E-state index is 2.37. The lowest BCUT2D eigenvalue weighted by Gasteiger charge is -2.27. The van der Waals surface area contributed by atoms with Crippen LogP contribution in [-0.2, 0) is 5.41 Å². The summed E-state index contributed by atoms with van der Waals surface area (Å²) in [6.45, 7) is 11.2. The third-order valence-corrected chi connectivity index (χ3v) is 3.71. The molecule has 1 aromatic carbocycles. The average molecular weight is 226 g/mol. The first-order valence-corrected chi connectivity index (χ1v) is 6.36. The SMILES string of the molecule is CC1=CC(C(C)(C)c2cc(C)cc(C)c2)=CC1. The fourth-order valence-corrected chi connectivity index (χ4v) is 2.59. The number of hydrogen-bond acceptors (Lipinski definition) is 0. The molecule has 0 bridgehead atoms. The van der Waals surface area contributed by atoms with Gasteiger partial charge in [0.25, 0.3) is 0 Å². The molecular weight excluding hydrogens is 204 g/mol. The minimum absolute atomic E-state index is 0.120. The minimum Gasteiger partial charge on any atom is -0.0764 e. The molecule has 0 aromatic heterocycles. The largest absolute Gasteiger partial charge is 0.0764 e. The van der Waals surface area contributed by atoms with Gasteiger partial charge >= 0.3 is 0 Å². The maximum absolute atomic E-state index is 2.37. The quantitative estimate of drug-likeness (QED) is 0.675. The van der Waals surface area contributed by atoms with Crippen LogP contribution < -0.4 is 0 Å². The molecule has 0 aliphatic heterocycles. The lowest BCUT2D eigenvalue weighted by Crippen LogP contribution is -2.19. The number of aryl methyl sites for hydroxylation is 2. The van der Waals surface area contributed by atoms with Crippen LogP contribution in [0.15, 0.2) is 41.5 Å². The van der Waals surface area contributed by atoms with Crippen LogP contribution in [0.4, 0.5) is 0 Å². The highest BCUT2D eigenvalue weighted by atomic mass is 14.3. The van der Waals surface area contributed by atoms with Crippen molar-refractivity contribution < 1.29 is 0 Å². The van der Waals surface area contributed by atoms with Crippen LogP contribution in [0, 0.1) is 13.8 Å². The van der Waals surface area contributed by atoms with Gasteiger partial charge in [0.15, 0.2) is 0 Å². The summed E-state index contributed by atoms with van der Waals surface area (Å²) in [5, 5.41) is 0. The summed E-state index contributed by atoms with van der Waals surface area (Å²) in [6.07, 6.45) is 5.83. The van der Waals surface area contributed by atoms with Gasteiger partial charge in [-0.3, -0.25) is 0 Å². The van der Waals surface area contributed by atoms with Crippen LogP contribution in [0.25, 0.3) is 0 Å². The van der Waals surface area contributed by atoms with Gasteiger partial charge < -0.3 is 0 Å². The van der Waals surface area contributed by atoms with Crippen molar-refractivity contribution in [3.8, 4) is 0 Å². The second-order valence-electron chi connectivity index (χ2n) is 5.86. The molecule has 0 unspecified atom stereocenters. The average Bonchev–Trinajstić information content (AvgIpc) is 2.64. The molecular formula is C17H22. The van der Waals surface area contributed by atoms with Crippen LogP contribution in [0.5, 0.6) is 0 Å². The Morgan fingerprint density at radius 3 is 2.00 bits per heavy atom. The summed E-state index contributed by atoms with van der Waals surface area (Å²) in [4.78, 5) is 0. The Kier molecular flexibility index (Phi) is 2.99. The van der Waals surface area contributed by atoms with E-state index >= 15 is 0 Å². The van der Waals surface area contributed by atoms with Crippen molar-refractivity contribution in [1.82, 2.24) is 0 Å². The number of rotatable bonds is 2. The zero-order valence-electron chi connectivity index (χ0n) is 11.6. The van der Waals surface area contributed by atoms with E-state index in [0.29, 0.717) is 0 Å². The Morgan fingerprint density at radius 1 is 0.941 bits per heavy atom. The van der Waals surface area contributed by atoms with Gasteiger partial charge in [0, 0.05) is 5.41 Å². The molecule has 0 spiro atoms. The summed E-state index contributed by atoms with van der Waals surface area (Å²) in [5.74, 6) is 0. The predicted molar refractivity (Wildman–Crippen MR) is 75.4 cm³/mol. The molecule has 17 heavy (non-hydrogen) atoms. The third kappa shape index (κ3) is 2.36. The third-order valence-electron chi connectivity index (χ3n) is 3.71. The Hall–Kier alpha value is -1.30.